The molecule has 0 spiro atoms. The van der Waals surface area contributed by atoms with Gasteiger partial charge in [0, 0.05) is 50.3 Å². The van der Waals surface area contributed by atoms with E-state index < -0.39 is 23.7 Å². The van der Waals surface area contributed by atoms with Crippen molar-refractivity contribution >= 4 is 35.1 Å². The Morgan fingerprint density at radius 3 is 1.82 bits per heavy atom. The second kappa shape index (κ2) is 25.6. The number of carbonyl (C=O) groups excluding carboxylic acids is 5. The summed E-state index contributed by atoms with van der Waals surface area (Å²) in [6, 6.07) is 0. The first-order valence-electron chi connectivity index (χ1n) is 15.5. The molecule has 0 aromatic carbocycles. The number of Topliss-reactive ketones (excluding diaryl/α,β-unsaturated/α-hetero) is 3. The van der Waals surface area contributed by atoms with Gasteiger partial charge in [-0.2, -0.15) is 0 Å². The van der Waals surface area contributed by atoms with Crippen LogP contribution in [-0.2, 0) is 47.7 Å². The molecule has 3 N–H and O–H groups in total. The maximum atomic E-state index is 12.3. The maximum Gasteiger partial charge on any atom is 0.310 e. The van der Waals surface area contributed by atoms with Crippen molar-refractivity contribution in [3.8, 4) is 0 Å². The van der Waals surface area contributed by atoms with E-state index in [9.17, 15) is 28.8 Å². The molecular formula is C31H54N2O11. The van der Waals surface area contributed by atoms with Crippen molar-refractivity contribution in [2.45, 2.75) is 85.5 Å². The van der Waals surface area contributed by atoms with Crippen molar-refractivity contribution in [3.05, 3.63) is 0 Å². The smallest absolute Gasteiger partial charge is 0.310 e. The first-order valence-corrected chi connectivity index (χ1v) is 15.5. The summed E-state index contributed by atoms with van der Waals surface area (Å²) >= 11 is 0. The molecule has 0 fully saturated rings. The largest absolute Gasteiger partial charge is 0.481 e. The predicted octanol–water partition coefficient (Wildman–Crippen LogP) is 2.27. The fourth-order valence-corrected chi connectivity index (χ4v) is 3.87. The van der Waals surface area contributed by atoms with E-state index in [4.69, 9.17) is 24.1 Å². The quantitative estimate of drug-likeness (QED) is 0.0814. The molecule has 0 aromatic heterocycles. The van der Waals surface area contributed by atoms with Crippen molar-refractivity contribution in [2.24, 2.45) is 11.3 Å². The normalized spacial score (nSPS) is 12.0. The van der Waals surface area contributed by atoms with E-state index in [2.05, 4.69) is 10.6 Å². The van der Waals surface area contributed by atoms with Gasteiger partial charge < -0.3 is 34.7 Å². The molecule has 2 amide bonds. The van der Waals surface area contributed by atoms with E-state index >= 15 is 0 Å². The molecule has 0 aliphatic carbocycles. The number of aliphatic carboxylic acids is 1. The highest BCUT2D eigenvalue weighted by molar-refractivity contribution is 5.96. The molecule has 0 saturated carbocycles. The molecule has 0 rings (SSSR count). The molecule has 13 nitrogen and oxygen atoms in total. The van der Waals surface area contributed by atoms with Gasteiger partial charge in [-0.1, -0.05) is 34.1 Å². The van der Waals surface area contributed by atoms with Crippen LogP contribution in [0.2, 0.25) is 0 Å². The number of nitrogens with one attached hydrogen (secondary N) is 2. The fraction of sp³-hybridized carbons (Fsp3) is 0.806. The number of carboxylic acid groups (broad SMARTS) is 1. The zero-order valence-electron chi connectivity index (χ0n) is 27.0. The number of carboxylic acids is 1. The van der Waals surface area contributed by atoms with Gasteiger partial charge in [0.1, 0.15) is 37.0 Å². The van der Waals surface area contributed by atoms with Crippen molar-refractivity contribution in [2.75, 3.05) is 65.9 Å². The third-order valence-corrected chi connectivity index (χ3v) is 6.56. The molecular weight excluding hydrogens is 576 g/mol. The summed E-state index contributed by atoms with van der Waals surface area (Å²) in [6.45, 7) is 9.61. The van der Waals surface area contributed by atoms with E-state index in [-0.39, 0.29) is 75.2 Å². The predicted molar refractivity (Wildman–Crippen MR) is 162 cm³/mol. The van der Waals surface area contributed by atoms with Crippen LogP contribution >= 0.6 is 0 Å². The van der Waals surface area contributed by atoms with E-state index in [1.54, 1.807) is 0 Å². The van der Waals surface area contributed by atoms with Crippen molar-refractivity contribution in [1.82, 2.24) is 10.6 Å². The average molecular weight is 631 g/mol. The number of hydrogen-bond acceptors (Lipinski definition) is 10. The summed E-state index contributed by atoms with van der Waals surface area (Å²) in [5.41, 5.74) is -0.511. The van der Waals surface area contributed by atoms with Crippen LogP contribution < -0.4 is 10.6 Å². The molecule has 0 bridgehead atoms. The first-order chi connectivity index (χ1) is 20.9. The third kappa shape index (κ3) is 24.7. The number of ether oxygens (including phenoxy) is 4. The summed E-state index contributed by atoms with van der Waals surface area (Å²) < 4.78 is 21.2. The number of unbranched alkanes of at least 4 members (excludes halogenated alkanes) is 1. The van der Waals surface area contributed by atoms with Gasteiger partial charge in [0.15, 0.2) is 0 Å². The topological polar surface area (TPSA) is 184 Å². The van der Waals surface area contributed by atoms with Crippen LogP contribution in [0, 0.1) is 11.3 Å². The third-order valence-electron chi connectivity index (χ3n) is 6.56. The summed E-state index contributed by atoms with van der Waals surface area (Å²) in [6.07, 6.45) is 3.40. The molecule has 0 heterocycles. The minimum absolute atomic E-state index is 0.0314. The van der Waals surface area contributed by atoms with Crippen LogP contribution in [0.1, 0.15) is 85.5 Å². The van der Waals surface area contributed by atoms with E-state index in [1.807, 2.05) is 27.7 Å². The zero-order chi connectivity index (χ0) is 33.2. The van der Waals surface area contributed by atoms with Crippen LogP contribution in [-0.4, -0.2) is 106 Å². The minimum Gasteiger partial charge on any atom is -0.481 e. The average Bonchev–Trinajstić information content (AvgIpc) is 2.95. The molecule has 1 atom stereocenters. The van der Waals surface area contributed by atoms with E-state index in [1.165, 1.54) is 0 Å². The molecule has 0 aliphatic rings. The number of carbonyl (C=O) groups is 6. The summed E-state index contributed by atoms with van der Waals surface area (Å²) in [5, 5.41) is 14.4. The lowest BCUT2D eigenvalue weighted by Gasteiger charge is -2.19. The van der Waals surface area contributed by atoms with E-state index in [0.717, 1.165) is 0 Å². The van der Waals surface area contributed by atoms with Gasteiger partial charge in [-0.25, -0.2) is 0 Å². The van der Waals surface area contributed by atoms with Gasteiger partial charge >= 0.3 is 5.97 Å². The van der Waals surface area contributed by atoms with E-state index in [0.29, 0.717) is 71.2 Å². The van der Waals surface area contributed by atoms with Crippen molar-refractivity contribution < 1.29 is 52.8 Å². The van der Waals surface area contributed by atoms with Gasteiger partial charge in [0.25, 0.3) is 0 Å². The lowest BCUT2D eigenvalue weighted by molar-refractivity contribution is -0.141. The molecule has 254 valence electrons. The molecule has 0 saturated heterocycles. The van der Waals surface area contributed by atoms with Gasteiger partial charge in [0.2, 0.25) is 11.8 Å². The maximum absolute atomic E-state index is 12.3. The highest BCUT2D eigenvalue weighted by Crippen LogP contribution is 2.23. The number of amides is 2. The number of ketones is 3. The summed E-state index contributed by atoms with van der Waals surface area (Å²) in [4.78, 5) is 70.4. The molecule has 0 radical (unpaired) electrons. The zero-order valence-corrected chi connectivity index (χ0v) is 27.0. The van der Waals surface area contributed by atoms with Crippen molar-refractivity contribution in [3.63, 3.8) is 0 Å². The lowest BCUT2D eigenvalue weighted by atomic mass is 9.84. The van der Waals surface area contributed by atoms with Gasteiger partial charge in [0.05, 0.1) is 33.0 Å². The molecule has 13 heteroatoms. The fourth-order valence-electron chi connectivity index (χ4n) is 3.87. The Morgan fingerprint density at radius 2 is 1.25 bits per heavy atom. The molecule has 0 aromatic rings. The highest BCUT2D eigenvalue weighted by Gasteiger charge is 2.25. The van der Waals surface area contributed by atoms with Crippen LogP contribution in [0.3, 0.4) is 0 Å². The Morgan fingerprint density at radius 1 is 0.682 bits per heavy atom. The lowest BCUT2D eigenvalue weighted by Crippen LogP contribution is -2.31. The second-order valence-electron chi connectivity index (χ2n) is 11.5. The van der Waals surface area contributed by atoms with Crippen LogP contribution in [0.5, 0.6) is 0 Å². The number of rotatable bonds is 29. The Hall–Kier alpha value is -2.74. The number of hydrogen-bond donors (Lipinski definition) is 3. The Kier molecular flexibility index (Phi) is 24.0. The Bertz CT molecular complexity index is 871. The van der Waals surface area contributed by atoms with Gasteiger partial charge in [-0.15, -0.1) is 0 Å². The minimum atomic E-state index is -1.18. The van der Waals surface area contributed by atoms with Crippen LogP contribution in [0.25, 0.3) is 0 Å². The highest BCUT2D eigenvalue weighted by atomic mass is 16.5. The summed E-state index contributed by atoms with van der Waals surface area (Å²) in [5.74, 6) is -2.36. The monoisotopic (exact) mass is 630 g/mol. The standard InChI is InChI=1S/C31H54N2O11/c1-5-25(34)10-8-15-41-17-19-43-23-29(38)33-14-16-42-18-20-44-22-28(37)32-13-7-6-9-24(26(35)21-30(39)40)11-12-27(36)31(2,3)4/h24H,5-23H2,1-4H3,(H,32,37)(H,33,38)(H,39,40)/t24-/m1/s1. The van der Waals surface area contributed by atoms with Crippen LogP contribution in [0.15, 0.2) is 0 Å². The van der Waals surface area contributed by atoms with Crippen molar-refractivity contribution in [1.29, 1.82) is 0 Å². The Labute approximate surface area is 261 Å². The molecule has 44 heavy (non-hydrogen) atoms. The first kappa shape index (κ1) is 41.3. The SMILES string of the molecule is CCC(=O)CCCOCCOCC(=O)NCCOCCOCC(=O)NCCCC[C@H](CCC(=O)C(C)(C)C)C(=O)CC(=O)O. The van der Waals surface area contributed by atoms with Gasteiger partial charge in [-0.05, 0) is 25.7 Å². The van der Waals surface area contributed by atoms with Crippen LogP contribution in [0.4, 0.5) is 0 Å². The second-order valence-corrected chi connectivity index (χ2v) is 11.5. The Balaban J connectivity index is 3.79. The molecule has 0 unspecified atom stereocenters. The van der Waals surface area contributed by atoms with Gasteiger partial charge in [-0.3, -0.25) is 28.8 Å². The summed E-state index contributed by atoms with van der Waals surface area (Å²) in [7, 11) is 0. The molecule has 0 aliphatic heterocycles.